The molecule has 2 N–H and O–H groups in total. The molecule has 4 nitrogen and oxygen atoms in total. The van der Waals surface area contributed by atoms with E-state index in [-0.39, 0.29) is 12.5 Å². The summed E-state index contributed by atoms with van der Waals surface area (Å²) in [5.74, 6) is -0.00395. The van der Waals surface area contributed by atoms with Crippen LogP contribution in [0, 0.1) is 6.92 Å². The van der Waals surface area contributed by atoms with Gasteiger partial charge in [-0.25, -0.2) is 0 Å². The number of carbonyl (C=O) groups excluding carboxylic acids is 1. The monoisotopic (exact) mass is 236 g/mol. The van der Waals surface area contributed by atoms with Gasteiger partial charge in [-0.3, -0.25) is 4.79 Å². The molecule has 0 saturated heterocycles. The SMILES string of the molecule is CCN(CC(=O)NC)c1ccc(CO)c(C)c1. The number of hydrogen-bond donors (Lipinski definition) is 2. The summed E-state index contributed by atoms with van der Waals surface area (Å²) < 4.78 is 0. The Labute approximate surface area is 102 Å². The van der Waals surface area contributed by atoms with Crippen LogP contribution in [0.5, 0.6) is 0 Å². The second-order valence-electron chi connectivity index (χ2n) is 3.96. The van der Waals surface area contributed by atoms with E-state index in [9.17, 15) is 4.79 Å². The number of aliphatic hydroxyl groups excluding tert-OH is 1. The van der Waals surface area contributed by atoms with Crippen molar-refractivity contribution in [2.45, 2.75) is 20.5 Å². The molecule has 0 bridgehead atoms. The first-order chi connectivity index (χ1) is 8.12. The van der Waals surface area contributed by atoms with Crippen LogP contribution >= 0.6 is 0 Å². The molecule has 0 aromatic heterocycles. The lowest BCUT2D eigenvalue weighted by Gasteiger charge is -2.23. The van der Waals surface area contributed by atoms with E-state index in [2.05, 4.69) is 5.32 Å². The maximum absolute atomic E-state index is 11.4. The van der Waals surface area contributed by atoms with E-state index >= 15 is 0 Å². The highest BCUT2D eigenvalue weighted by molar-refractivity contribution is 5.81. The van der Waals surface area contributed by atoms with Crippen molar-refractivity contribution in [1.29, 1.82) is 0 Å². The summed E-state index contributed by atoms with van der Waals surface area (Å²) in [6, 6.07) is 5.83. The minimum atomic E-state index is -0.00395. The predicted molar refractivity (Wildman–Crippen MR) is 69.1 cm³/mol. The predicted octanol–water partition coefficient (Wildman–Crippen LogP) is 1.06. The molecule has 0 heterocycles. The average molecular weight is 236 g/mol. The van der Waals surface area contributed by atoms with Crippen molar-refractivity contribution in [2.75, 3.05) is 25.0 Å². The first kappa shape index (κ1) is 13.5. The average Bonchev–Trinajstić information content (AvgIpc) is 2.35. The quantitative estimate of drug-likeness (QED) is 0.803. The highest BCUT2D eigenvalue weighted by atomic mass is 16.3. The van der Waals surface area contributed by atoms with Crippen molar-refractivity contribution in [2.24, 2.45) is 0 Å². The number of benzene rings is 1. The maximum atomic E-state index is 11.4. The summed E-state index contributed by atoms with van der Waals surface area (Å²) in [6.45, 7) is 5.14. The lowest BCUT2D eigenvalue weighted by atomic mass is 10.1. The normalized spacial score (nSPS) is 10.1. The number of aliphatic hydroxyl groups is 1. The minimum Gasteiger partial charge on any atom is -0.392 e. The second-order valence-corrected chi connectivity index (χ2v) is 3.96. The smallest absolute Gasteiger partial charge is 0.239 e. The van der Waals surface area contributed by atoms with Crippen LogP contribution in [-0.2, 0) is 11.4 Å². The van der Waals surface area contributed by atoms with Crippen LogP contribution in [0.25, 0.3) is 0 Å². The van der Waals surface area contributed by atoms with E-state index in [0.29, 0.717) is 6.54 Å². The molecule has 0 aliphatic carbocycles. The summed E-state index contributed by atoms with van der Waals surface area (Å²) in [5, 5.41) is 11.7. The summed E-state index contributed by atoms with van der Waals surface area (Å²) >= 11 is 0. The molecule has 0 spiro atoms. The topological polar surface area (TPSA) is 52.6 Å². The Bertz CT molecular complexity index is 391. The van der Waals surface area contributed by atoms with Crippen molar-refractivity contribution in [1.82, 2.24) is 5.32 Å². The van der Waals surface area contributed by atoms with Crippen molar-refractivity contribution in [3.05, 3.63) is 29.3 Å². The second kappa shape index (κ2) is 6.25. The molecule has 0 fully saturated rings. The van der Waals surface area contributed by atoms with Gasteiger partial charge in [-0.15, -0.1) is 0 Å². The van der Waals surface area contributed by atoms with E-state index in [1.54, 1.807) is 7.05 Å². The highest BCUT2D eigenvalue weighted by Gasteiger charge is 2.09. The number of rotatable bonds is 5. The van der Waals surface area contributed by atoms with Gasteiger partial charge < -0.3 is 15.3 Å². The number of carbonyl (C=O) groups is 1. The number of aryl methyl sites for hydroxylation is 1. The van der Waals surface area contributed by atoms with E-state index in [0.717, 1.165) is 23.4 Å². The molecule has 4 heteroatoms. The molecule has 17 heavy (non-hydrogen) atoms. The van der Waals surface area contributed by atoms with Gasteiger partial charge in [0.1, 0.15) is 0 Å². The van der Waals surface area contributed by atoms with Crippen LogP contribution in [-0.4, -0.2) is 31.2 Å². The fourth-order valence-corrected chi connectivity index (χ4v) is 1.69. The lowest BCUT2D eigenvalue weighted by molar-refractivity contribution is -0.119. The molecule has 0 aliphatic rings. The van der Waals surface area contributed by atoms with Crippen LogP contribution in [0.4, 0.5) is 5.69 Å². The molecule has 0 atom stereocenters. The maximum Gasteiger partial charge on any atom is 0.239 e. The molecule has 0 unspecified atom stereocenters. The minimum absolute atomic E-state index is 0.00395. The van der Waals surface area contributed by atoms with Gasteiger partial charge in [0.2, 0.25) is 5.91 Å². The number of nitrogens with zero attached hydrogens (tertiary/aromatic N) is 1. The van der Waals surface area contributed by atoms with Gasteiger partial charge in [-0.2, -0.15) is 0 Å². The fourth-order valence-electron chi connectivity index (χ4n) is 1.69. The van der Waals surface area contributed by atoms with Crippen LogP contribution in [0.15, 0.2) is 18.2 Å². The Morgan fingerprint density at radius 2 is 2.18 bits per heavy atom. The summed E-state index contributed by atoms with van der Waals surface area (Å²) in [7, 11) is 1.64. The zero-order valence-corrected chi connectivity index (χ0v) is 10.7. The summed E-state index contributed by atoms with van der Waals surface area (Å²) in [5.41, 5.74) is 2.97. The van der Waals surface area contributed by atoms with E-state index < -0.39 is 0 Å². The molecule has 1 aromatic carbocycles. The third-order valence-electron chi connectivity index (χ3n) is 2.86. The van der Waals surface area contributed by atoms with Crippen LogP contribution < -0.4 is 10.2 Å². The number of hydrogen-bond acceptors (Lipinski definition) is 3. The molecular weight excluding hydrogens is 216 g/mol. The number of amides is 1. The molecule has 0 radical (unpaired) electrons. The van der Waals surface area contributed by atoms with E-state index in [1.165, 1.54) is 0 Å². The van der Waals surface area contributed by atoms with Crippen LogP contribution in [0.2, 0.25) is 0 Å². The summed E-state index contributed by atoms with van der Waals surface area (Å²) in [4.78, 5) is 13.4. The number of anilines is 1. The third kappa shape index (κ3) is 3.46. The van der Waals surface area contributed by atoms with Gasteiger partial charge in [0.25, 0.3) is 0 Å². The largest absolute Gasteiger partial charge is 0.392 e. The number of nitrogens with one attached hydrogen (secondary N) is 1. The molecule has 0 aliphatic heterocycles. The Balaban J connectivity index is 2.88. The lowest BCUT2D eigenvalue weighted by Crippen LogP contribution is -2.35. The first-order valence-electron chi connectivity index (χ1n) is 5.78. The molecule has 0 saturated carbocycles. The van der Waals surface area contributed by atoms with Gasteiger partial charge in [-0.1, -0.05) is 6.07 Å². The van der Waals surface area contributed by atoms with Crippen LogP contribution in [0.3, 0.4) is 0 Å². The van der Waals surface area contributed by atoms with Crippen molar-refractivity contribution in [3.63, 3.8) is 0 Å². The molecule has 1 amide bonds. The van der Waals surface area contributed by atoms with Crippen molar-refractivity contribution in [3.8, 4) is 0 Å². The molecule has 1 rings (SSSR count). The Morgan fingerprint density at radius 3 is 2.65 bits per heavy atom. The third-order valence-corrected chi connectivity index (χ3v) is 2.86. The van der Waals surface area contributed by atoms with Crippen LogP contribution in [0.1, 0.15) is 18.1 Å². The Morgan fingerprint density at radius 1 is 1.47 bits per heavy atom. The zero-order valence-electron chi connectivity index (χ0n) is 10.7. The van der Waals surface area contributed by atoms with E-state index in [4.69, 9.17) is 5.11 Å². The Hall–Kier alpha value is -1.55. The highest BCUT2D eigenvalue weighted by Crippen LogP contribution is 2.19. The molecular formula is C13H20N2O2. The van der Waals surface area contributed by atoms with E-state index in [1.807, 2.05) is 36.9 Å². The molecule has 94 valence electrons. The van der Waals surface area contributed by atoms with Gasteiger partial charge in [-0.05, 0) is 37.1 Å². The van der Waals surface area contributed by atoms with Gasteiger partial charge in [0.15, 0.2) is 0 Å². The number of likely N-dealkylation sites (N-methyl/N-ethyl adjacent to an activating group) is 2. The first-order valence-corrected chi connectivity index (χ1v) is 5.78. The molecule has 1 aromatic rings. The zero-order chi connectivity index (χ0) is 12.8. The standard InChI is InChI=1S/C13H20N2O2/c1-4-15(8-13(17)14-3)12-6-5-11(9-16)10(2)7-12/h5-7,16H,4,8-9H2,1-3H3,(H,14,17). The van der Waals surface area contributed by atoms with Gasteiger partial charge in [0, 0.05) is 19.3 Å². The van der Waals surface area contributed by atoms with Crippen molar-refractivity contribution >= 4 is 11.6 Å². The van der Waals surface area contributed by atoms with Gasteiger partial charge >= 0.3 is 0 Å². The fraction of sp³-hybridized carbons (Fsp3) is 0.462. The van der Waals surface area contributed by atoms with Gasteiger partial charge in [0.05, 0.1) is 13.2 Å². The summed E-state index contributed by atoms with van der Waals surface area (Å²) in [6.07, 6.45) is 0. The Kier molecular flexibility index (Phi) is 4.97. The van der Waals surface area contributed by atoms with Crippen molar-refractivity contribution < 1.29 is 9.90 Å².